The zero-order chi connectivity index (χ0) is 22.4. The lowest BCUT2D eigenvalue weighted by Crippen LogP contribution is -2.33. The van der Waals surface area contributed by atoms with Crippen LogP contribution in [0.3, 0.4) is 0 Å². The molecule has 0 saturated carbocycles. The van der Waals surface area contributed by atoms with Gasteiger partial charge >= 0.3 is 0 Å². The van der Waals surface area contributed by atoms with Gasteiger partial charge in [0.25, 0.3) is 10.0 Å². The Kier molecular flexibility index (Phi) is 9.13. The number of sulfonamides is 2. The first kappa shape index (κ1) is 26.3. The lowest BCUT2D eigenvalue weighted by atomic mass is 10.3. The van der Waals surface area contributed by atoms with Crippen molar-refractivity contribution >= 4 is 47.8 Å². The molecule has 0 spiro atoms. The maximum Gasteiger partial charge on any atom is 0.260 e. The number of hydrogen-bond donors (Lipinski definition) is 3. The predicted molar refractivity (Wildman–Crippen MR) is 118 cm³/mol. The van der Waals surface area contributed by atoms with Crippen LogP contribution in [0.15, 0.2) is 28.8 Å². The zero-order valence-electron chi connectivity index (χ0n) is 17.1. The average Bonchev–Trinajstić information content (AvgIpc) is 2.44. The highest BCUT2D eigenvalue weighted by Crippen LogP contribution is 2.18. The summed E-state index contributed by atoms with van der Waals surface area (Å²) in [7, 11) is -6.96. The first-order valence-corrected chi connectivity index (χ1v) is 11.9. The fraction of sp³-hybridized carbons (Fsp3) is 0.562. The monoisotopic (exact) mass is 451 g/mol. The molecule has 1 aromatic rings. The molecule has 1 rings (SSSR count). The van der Waals surface area contributed by atoms with E-state index in [4.69, 9.17) is 11.1 Å². The number of aromatic nitrogens is 1. The van der Waals surface area contributed by atoms with E-state index < -0.39 is 29.5 Å². The molecule has 9 nitrogen and oxygen atoms in total. The van der Waals surface area contributed by atoms with Gasteiger partial charge in [-0.05, 0) is 72.4 Å². The van der Waals surface area contributed by atoms with Gasteiger partial charge in [0, 0.05) is 6.20 Å². The molecule has 0 atom stereocenters. The summed E-state index contributed by atoms with van der Waals surface area (Å²) < 4.78 is 50.4. The number of nitrogens with two attached hydrogens (primary N) is 1. The fourth-order valence-corrected chi connectivity index (χ4v) is 3.11. The van der Waals surface area contributed by atoms with E-state index in [-0.39, 0.29) is 10.2 Å². The van der Waals surface area contributed by atoms with Crippen molar-refractivity contribution in [2.75, 3.05) is 4.72 Å². The smallest absolute Gasteiger partial charge is 0.260 e. The molecule has 0 aliphatic carbocycles. The van der Waals surface area contributed by atoms with Gasteiger partial charge in [0.15, 0.2) is 5.17 Å². The third kappa shape index (κ3) is 9.02. The van der Waals surface area contributed by atoms with Crippen LogP contribution in [0.5, 0.6) is 0 Å². The Labute approximate surface area is 172 Å². The summed E-state index contributed by atoms with van der Waals surface area (Å²) in [6.07, 6.45) is 1.54. The number of nitrogens with one attached hydrogen (secondary N) is 2. The molecular weight excluding hydrogens is 422 g/mol. The maximum absolute atomic E-state index is 11.7. The molecule has 160 valence electrons. The van der Waals surface area contributed by atoms with Crippen LogP contribution in [0, 0.1) is 5.41 Å². The number of pyridine rings is 1. The largest absolute Gasteiger partial charge is 0.377 e. The van der Waals surface area contributed by atoms with Crippen molar-refractivity contribution in [1.29, 1.82) is 5.41 Å². The summed E-state index contributed by atoms with van der Waals surface area (Å²) in [4.78, 5) is 3.89. The molecule has 28 heavy (non-hydrogen) atoms. The molecule has 0 amide bonds. The number of amidine groups is 1. The normalized spacial score (nSPS) is 13.3. The minimum atomic E-state index is -3.60. The molecule has 0 fully saturated rings. The van der Waals surface area contributed by atoms with Crippen molar-refractivity contribution in [2.45, 2.75) is 58.0 Å². The van der Waals surface area contributed by atoms with E-state index in [0.29, 0.717) is 5.82 Å². The van der Waals surface area contributed by atoms with Crippen molar-refractivity contribution in [3.8, 4) is 0 Å². The number of rotatable bonds is 3. The number of thioether (sulfide) groups is 1. The van der Waals surface area contributed by atoms with Gasteiger partial charge in [-0.25, -0.2) is 21.8 Å². The summed E-state index contributed by atoms with van der Waals surface area (Å²) in [5, 5.41) is 7.18. The Balaban J connectivity index is 0.000000521. The predicted octanol–water partition coefficient (Wildman–Crippen LogP) is 2.78. The molecule has 0 aliphatic rings. The van der Waals surface area contributed by atoms with E-state index in [0.717, 1.165) is 11.8 Å². The van der Waals surface area contributed by atoms with Crippen molar-refractivity contribution in [3.63, 3.8) is 0 Å². The van der Waals surface area contributed by atoms with E-state index in [1.54, 1.807) is 65.9 Å². The molecule has 0 radical (unpaired) electrons. The van der Waals surface area contributed by atoms with Gasteiger partial charge in [-0.2, -0.15) is 0 Å². The first-order valence-electron chi connectivity index (χ1n) is 8.15. The quantitative estimate of drug-likeness (QED) is 0.471. The molecule has 0 aromatic carbocycles. The van der Waals surface area contributed by atoms with Gasteiger partial charge in [0.1, 0.15) is 5.82 Å². The number of anilines is 1. The van der Waals surface area contributed by atoms with Crippen LogP contribution in [0.4, 0.5) is 5.82 Å². The molecule has 1 heterocycles. The zero-order valence-corrected chi connectivity index (χ0v) is 19.6. The number of nitrogens with zero attached hydrogens (tertiary/aromatic N) is 2. The lowest BCUT2D eigenvalue weighted by molar-refractivity contribution is 0.562. The molecule has 0 unspecified atom stereocenters. The minimum Gasteiger partial charge on any atom is -0.377 e. The van der Waals surface area contributed by atoms with Crippen LogP contribution < -0.4 is 10.5 Å². The highest BCUT2D eigenvalue weighted by atomic mass is 32.2. The van der Waals surface area contributed by atoms with Crippen LogP contribution in [-0.2, 0) is 20.0 Å². The van der Waals surface area contributed by atoms with E-state index in [1.165, 1.54) is 6.92 Å². The SMILES string of the molecule is CC(=N)SC(N)=NS(=O)(=O)C(C)(C)C.CC(C)(C)S(=O)(=O)Nc1ccccn1. The second-order valence-corrected chi connectivity index (χ2v) is 13.6. The van der Waals surface area contributed by atoms with E-state index >= 15 is 0 Å². The highest BCUT2D eigenvalue weighted by molar-refractivity contribution is 8.26. The van der Waals surface area contributed by atoms with E-state index in [9.17, 15) is 16.8 Å². The van der Waals surface area contributed by atoms with Crippen LogP contribution in [-0.4, -0.2) is 41.5 Å². The van der Waals surface area contributed by atoms with E-state index in [1.807, 2.05) is 0 Å². The van der Waals surface area contributed by atoms with Crippen molar-refractivity contribution in [3.05, 3.63) is 24.4 Å². The minimum absolute atomic E-state index is 0.118. The molecule has 1 aromatic heterocycles. The molecule has 0 aliphatic heterocycles. The van der Waals surface area contributed by atoms with Crippen molar-refractivity contribution < 1.29 is 16.8 Å². The van der Waals surface area contributed by atoms with Gasteiger partial charge in [-0.1, -0.05) is 6.07 Å². The third-order valence-corrected chi connectivity index (χ3v) is 7.75. The summed E-state index contributed by atoms with van der Waals surface area (Å²) in [6, 6.07) is 5.08. The van der Waals surface area contributed by atoms with Crippen LogP contribution >= 0.6 is 11.8 Å². The Morgan fingerprint density at radius 3 is 2.00 bits per heavy atom. The van der Waals surface area contributed by atoms with Crippen LogP contribution in [0.25, 0.3) is 0 Å². The van der Waals surface area contributed by atoms with Crippen LogP contribution in [0.2, 0.25) is 0 Å². The van der Waals surface area contributed by atoms with Gasteiger partial charge in [-0.3, -0.25) is 10.1 Å². The third-order valence-electron chi connectivity index (χ3n) is 2.95. The Morgan fingerprint density at radius 2 is 1.64 bits per heavy atom. The van der Waals surface area contributed by atoms with Crippen molar-refractivity contribution in [2.24, 2.45) is 10.1 Å². The number of hydrogen-bond acceptors (Lipinski definition) is 7. The van der Waals surface area contributed by atoms with Gasteiger partial charge in [-0.15, -0.1) is 4.40 Å². The fourth-order valence-electron chi connectivity index (χ4n) is 1.14. The maximum atomic E-state index is 11.7. The van der Waals surface area contributed by atoms with Gasteiger partial charge < -0.3 is 5.73 Å². The van der Waals surface area contributed by atoms with Crippen LogP contribution in [0.1, 0.15) is 48.5 Å². The molecule has 0 bridgehead atoms. The van der Waals surface area contributed by atoms with Gasteiger partial charge in [0.05, 0.1) is 14.5 Å². The average molecular weight is 452 g/mol. The van der Waals surface area contributed by atoms with Crippen molar-refractivity contribution in [1.82, 2.24) is 4.98 Å². The Bertz CT molecular complexity index is 898. The first-order chi connectivity index (χ1) is 12.4. The summed E-state index contributed by atoms with van der Waals surface area (Å²) in [6.45, 7) is 11.1. The summed E-state index contributed by atoms with van der Waals surface area (Å²) in [5.74, 6) is 0.349. The Morgan fingerprint density at radius 1 is 1.11 bits per heavy atom. The summed E-state index contributed by atoms with van der Waals surface area (Å²) in [5.41, 5.74) is 5.35. The molecule has 0 saturated heterocycles. The molecular formula is C16H29N5O4S3. The van der Waals surface area contributed by atoms with Gasteiger partial charge in [0.2, 0.25) is 10.0 Å². The molecule has 4 N–H and O–H groups in total. The standard InChI is InChI=1S/C9H14N2O2S.C7H15N3O2S2/c1-9(2,3)14(12,13)11-8-6-4-5-7-10-8;1-5(8)13-6(9)10-14(11,12)7(2,3)4/h4-7H,1-3H3,(H,10,11);8H,1-4H3,(H2,9,10). The second-order valence-electron chi connectivity index (χ2n) is 7.61. The van der Waals surface area contributed by atoms with E-state index in [2.05, 4.69) is 14.1 Å². The second kappa shape index (κ2) is 9.70. The highest BCUT2D eigenvalue weighted by Gasteiger charge is 2.29. The summed E-state index contributed by atoms with van der Waals surface area (Å²) >= 11 is 0.829. The lowest BCUT2D eigenvalue weighted by Gasteiger charge is -2.19. The Hall–Kier alpha value is -1.66. The molecule has 12 heteroatoms. The topological polar surface area (TPSA) is 155 Å².